The fourth-order valence-corrected chi connectivity index (χ4v) is 2.40. The summed E-state index contributed by atoms with van der Waals surface area (Å²) in [5.74, 6) is 2.38. The van der Waals surface area contributed by atoms with Gasteiger partial charge in [0.15, 0.2) is 0 Å². The zero-order valence-corrected chi connectivity index (χ0v) is 11.1. The predicted octanol–water partition coefficient (Wildman–Crippen LogP) is 1.03. The van der Waals surface area contributed by atoms with Gasteiger partial charge in [-0.2, -0.15) is 11.8 Å². The molecule has 0 bridgehead atoms. The Bertz CT molecular complexity index is 354. The van der Waals surface area contributed by atoms with Crippen molar-refractivity contribution in [1.82, 2.24) is 9.55 Å². The highest BCUT2D eigenvalue weighted by Gasteiger charge is 2.12. The Morgan fingerprint density at radius 2 is 2.47 bits per heavy atom. The number of hydrogen-bond donors (Lipinski definition) is 1. The summed E-state index contributed by atoms with van der Waals surface area (Å²) >= 11 is 1.73. The van der Waals surface area contributed by atoms with E-state index in [-0.39, 0.29) is 5.97 Å². The van der Waals surface area contributed by atoms with E-state index >= 15 is 0 Å². The fraction of sp³-hybridized carbons (Fsp3) is 0.636. The summed E-state index contributed by atoms with van der Waals surface area (Å²) in [4.78, 5) is 15.3. The second-order valence-corrected chi connectivity index (χ2v) is 4.71. The van der Waals surface area contributed by atoms with Crippen LogP contribution in [-0.2, 0) is 21.8 Å². The van der Waals surface area contributed by atoms with Crippen LogP contribution in [0, 0.1) is 0 Å². The van der Waals surface area contributed by atoms with Gasteiger partial charge < -0.3 is 15.0 Å². The Morgan fingerprint density at radius 3 is 3.12 bits per heavy atom. The maximum Gasteiger partial charge on any atom is 0.322 e. The fourth-order valence-electron chi connectivity index (χ4n) is 1.41. The molecule has 17 heavy (non-hydrogen) atoms. The summed E-state index contributed by atoms with van der Waals surface area (Å²) < 4.78 is 6.67. The summed E-state index contributed by atoms with van der Waals surface area (Å²) in [6, 6.07) is -0.515. The van der Waals surface area contributed by atoms with E-state index in [1.807, 2.05) is 6.20 Å². The minimum atomic E-state index is -0.515. The van der Waals surface area contributed by atoms with E-state index < -0.39 is 6.04 Å². The van der Waals surface area contributed by atoms with E-state index in [4.69, 9.17) is 5.73 Å². The standard InChI is InChI=1S/C11H19N3O2S/c1-3-14-6-5-13-10(14)8-17-7-4-9(12)11(15)16-2/h5-6,9H,3-4,7-8,12H2,1-2H3. The Labute approximate surface area is 106 Å². The van der Waals surface area contributed by atoms with Crippen molar-refractivity contribution in [2.75, 3.05) is 12.9 Å². The van der Waals surface area contributed by atoms with Gasteiger partial charge in [-0.15, -0.1) is 0 Å². The van der Waals surface area contributed by atoms with E-state index in [2.05, 4.69) is 21.2 Å². The average molecular weight is 257 g/mol. The number of ether oxygens (including phenoxy) is 1. The molecular formula is C11H19N3O2S. The third-order valence-corrected chi connectivity index (χ3v) is 3.44. The van der Waals surface area contributed by atoms with Crippen LogP contribution in [0.4, 0.5) is 0 Å². The lowest BCUT2D eigenvalue weighted by Crippen LogP contribution is -2.32. The van der Waals surface area contributed by atoms with Gasteiger partial charge in [-0.05, 0) is 19.1 Å². The van der Waals surface area contributed by atoms with Crippen molar-refractivity contribution in [1.29, 1.82) is 0 Å². The smallest absolute Gasteiger partial charge is 0.322 e. The highest BCUT2D eigenvalue weighted by molar-refractivity contribution is 7.98. The number of methoxy groups -OCH3 is 1. The highest BCUT2D eigenvalue weighted by atomic mass is 32.2. The first-order valence-corrected chi connectivity index (χ1v) is 6.75. The van der Waals surface area contributed by atoms with Crippen LogP contribution < -0.4 is 5.73 Å². The molecule has 0 amide bonds. The first-order valence-electron chi connectivity index (χ1n) is 5.60. The predicted molar refractivity (Wildman–Crippen MR) is 68.7 cm³/mol. The normalized spacial score (nSPS) is 12.4. The molecule has 1 heterocycles. The van der Waals surface area contributed by atoms with Crippen molar-refractivity contribution >= 4 is 17.7 Å². The third kappa shape index (κ3) is 4.40. The molecule has 0 aromatic carbocycles. The van der Waals surface area contributed by atoms with Gasteiger partial charge in [-0.1, -0.05) is 0 Å². The Hall–Kier alpha value is -1.01. The number of esters is 1. The van der Waals surface area contributed by atoms with Crippen LogP contribution in [0.25, 0.3) is 0 Å². The Kier molecular flexibility index (Phi) is 6.07. The first-order chi connectivity index (χ1) is 8.19. The minimum absolute atomic E-state index is 0.347. The van der Waals surface area contributed by atoms with Crippen LogP contribution >= 0.6 is 11.8 Å². The second-order valence-electron chi connectivity index (χ2n) is 3.60. The Morgan fingerprint density at radius 1 is 1.71 bits per heavy atom. The zero-order chi connectivity index (χ0) is 12.7. The quantitative estimate of drug-likeness (QED) is 0.583. The number of carbonyl (C=O) groups excluding carboxylic acids is 1. The molecule has 1 aromatic rings. The van der Waals surface area contributed by atoms with Crippen LogP contribution in [0.1, 0.15) is 19.2 Å². The number of nitrogens with two attached hydrogens (primary N) is 1. The average Bonchev–Trinajstić information content (AvgIpc) is 2.80. The van der Waals surface area contributed by atoms with Crippen molar-refractivity contribution < 1.29 is 9.53 Å². The van der Waals surface area contributed by atoms with E-state index in [9.17, 15) is 4.79 Å². The summed E-state index contributed by atoms with van der Waals surface area (Å²) in [5.41, 5.74) is 5.63. The first kappa shape index (κ1) is 14.1. The number of aryl methyl sites for hydroxylation is 1. The molecule has 2 N–H and O–H groups in total. The van der Waals surface area contributed by atoms with Crippen molar-refractivity contribution in [2.24, 2.45) is 5.73 Å². The van der Waals surface area contributed by atoms with Crippen LogP contribution in [0.15, 0.2) is 12.4 Å². The van der Waals surface area contributed by atoms with Gasteiger partial charge in [0.1, 0.15) is 11.9 Å². The summed E-state index contributed by atoms with van der Waals surface area (Å²) in [6.45, 7) is 3.01. The summed E-state index contributed by atoms with van der Waals surface area (Å²) in [7, 11) is 1.35. The van der Waals surface area contributed by atoms with Crippen molar-refractivity contribution in [2.45, 2.75) is 31.7 Å². The van der Waals surface area contributed by atoms with Crippen molar-refractivity contribution in [3.8, 4) is 0 Å². The van der Waals surface area contributed by atoms with Crippen molar-refractivity contribution in [3.63, 3.8) is 0 Å². The molecule has 0 aliphatic carbocycles. The van der Waals surface area contributed by atoms with Gasteiger partial charge in [0.2, 0.25) is 0 Å². The maximum atomic E-state index is 11.1. The van der Waals surface area contributed by atoms with E-state index in [0.717, 1.165) is 23.9 Å². The maximum absolute atomic E-state index is 11.1. The molecule has 1 rings (SSSR count). The van der Waals surface area contributed by atoms with E-state index in [1.165, 1.54) is 7.11 Å². The molecule has 0 aliphatic rings. The SMILES string of the molecule is CCn1ccnc1CSCCC(N)C(=O)OC. The molecule has 0 saturated heterocycles. The number of thioether (sulfide) groups is 1. The number of nitrogens with zero attached hydrogens (tertiary/aromatic N) is 2. The monoisotopic (exact) mass is 257 g/mol. The zero-order valence-electron chi connectivity index (χ0n) is 10.3. The molecule has 0 aliphatic heterocycles. The highest BCUT2D eigenvalue weighted by Crippen LogP contribution is 2.12. The lowest BCUT2D eigenvalue weighted by molar-refractivity contribution is -0.142. The largest absolute Gasteiger partial charge is 0.468 e. The number of rotatable bonds is 7. The summed E-state index contributed by atoms with van der Waals surface area (Å²) in [6.07, 6.45) is 4.40. The molecule has 0 saturated carbocycles. The van der Waals surface area contributed by atoms with Crippen LogP contribution in [0.5, 0.6) is 0 Å². The van der Waals surface area contributed by atoms with Crippen LogP contribution in [0.3, 0.4) is 0 Å². The van der Waals surface area contributed by atoms with E-state index in [1.54, 1.807) is 18.0 Å². The van der Waals surface area contributed by atoms with Gasteiger partial charge in [0.25, 0.3) is 0 Å². The number of carbonyl (C=O) groups is 1. The van der Waals surface area contributed by atoms with Crippen molar-refractivity contribution in [3.05, 3.63) is 18.2 Å². The van der Waals surface area contributed by atoms with Gasteiger partial charge in [0.05, 0.1) is 12.9 Å². The molecule has 1 atom stereocenters. The molecule has 1 aromatic heterocycles. The van der Waals surface area contributed by atoms with Gasteiger partial charge >= 0.3 is 5.97 Å². The second kappa shape index (κ2) is 7.34. The molecule has 0 spiro atoms. The molecule has 1 unspecified atom stereocenters. The minimum Gasteiger partial charge on any atom is -0.468 e. The molecule has 0 radical (unpaired) electrons. The number of hydrogen-bond acceptors (Lipinski definition) is 5. The Balaban J connectivity index is 2.22. The summed E-state index contributed by atoms with van der Waals surface area (Å²) in [5, 5.41) is 0. The third-order valence-electron chi connectivity index (χ3n) is 2.45. The van der Waals surface area contributed by atoms with Crippen LogP contribution in [-0.4, -0.2) is 34.4 Å². The lowest BCUT2D eigenvalue weighted by atomic mass is 10.2. The number of aromatic nitrogens is 2. The van der Waals surface area contributed by atoms with Gasteiger partial charge in [-0.3, -0.25) is 4.79 Å². The molecular weight excluding hydrogens is 238 g/mol. The molecule has 6 heteroatoms. The lowest BCUT2D eigenvalue weighted by Gasteiger charge is -2.08. The number of imidazole rings is 1. The van der Waals surface area contributed by atoms with Gasteiger partial charge in [0, 0.05) is 18.9 Å². The van der Waals surface area contributed by atoms with Gasteiger partial charge in [-0.25, -0.2) is 4.98 Å². The van der Waals surface area contributed by atoms with E-state index in [0.29, 0.717) is 6.42 Å². The topological polar surface area (TPSA) is 70.1 Å². The molecule has 96 valence electrons. The molecule has 5 nitrogen and oxygen atoms in total. The molecule has 0 fully saturated rings. The van der Waals surface area contributed by atoms with Crippen LogP contribution in [0.2, 0.25) is 0 Å².